The van der Waals surface area contributed by atoms with Crippen molar-refractivity contribution in [3.05, 3.63) is 63.6 Å². The van der Waals surface area contributed by atoms with Gasteiger partial charge in [-0.2, -0.15) is 5.26 Å². The molecule has 0 aliphatic rings. The maximum atomic E-state index is 13.9. The van der Waals surface area contributed by atoms with Crippen LogP contribution in [0.2, 0.25) is 0 Å². The Morgan fingerprint density at radius 3 is 2.42 bits per heavy atom. The second kappa shape index (κ2) is 5.81. The topological polar surface area (TPSA) is 35.8 Å². The lowest BCUT2D eigenvalue weighted by Gasteiger charge is -2.09. The zero-order valence-corrected chi connectivity index (χ0v) is 11.3. The zero-order valence-electron chi connectivity index (χ0n) is 9.75. The van der Waals surface area contributed by atoms with E-state index in [4.69, 9.17) is 5.26 Å². The highest BCUT2D eigenvalue weighted by Gasteiger charge is 2.10. The third-order valence-corrected chi connectivity index (χ3v) is 3.37. The number of nitriles is 1. The fraction of sp³-hybridized carbons (Fsp3) is 0.0714. The largest absolute Gasteiger partial charge is 0.379 e. The standard InChI is InChI=1S/C14H9BrF2N2/c15-13-10(7-18)3-6-12(14(13)17)19-8-9-1-4-11(16)5-2-9/h1-6,19H,8H2. The van der Waals surface area contributed by atoms with E-state index in [2.05, 4.69) is 21.2 Å². The maximum Gasteiger partial charge on any atom is 0.161 e. The van der Waals surface area contributed by atoms with Crippen molar-refractivity contribution < 1.29 is 8.78 Å². The van der Waals surface area contributed by atoms with Crippen molar-refractivity contribution in [2.45, 2.75) is 6.54 Å². The van der Waals surface area contributed by atoms with Crippen LogP contribution >= 0.6 is 15.9 Å². The van der Waals surface area contributed by atoms with Crippen LogP contribution in [0.4, 0.5) is 14.5 Å². The van der Waals surface area contributed by atoms with Crippen molar-refractivity contribution in [2.24, 2.45) is 0 Å². The van der Waals surface area contributed by atoms with Gasteiger partial charge in [-0.05, 0) is 45.8 Å². The van der Waals surface area contributed by atoms with Gasteiger partial charge in [0.15, 0.2) is 5.82 Å². The molecule has 2 nitrogen and oxygen atoms in total. The number of halogens is 3. The van der Waals surface area contributed by atoms with Crippen LogP contribution < -0.4 is 5.32 Å². The molecule has 0 unspecified atom stereocenters. The summed E-state index contributed by atoms with van der Waals surface area (Å²) in [5.74, 6) is -0.822. The Morgan fingerprint density at radius 2 is 1.79 bits per heavy atom. The van der Waals surface area contributed by atoms with Crippen molar-refractivity contribution in [2.75, 3.05) is 5.32 Å². The second-order valence-corrected chi connectivity index (χ2v) is 4.67. The van der Waals surface area contributed by atoms with E-state index in [0.29, 0.717) is 6.54 Å². The summed E-state index contributed by atoms with van der Waals surface area (Å²) in [4.78, 5) is 0. The molecular weight excluding hydrogens is 314 g/mol. The van der Waals surface area contributed by atoms with Crippen molar-refractivity contribution in [1.82, 2.24) is 0 Å². The van der Waals surface area contributed by atoms with Crippen LogP contribution in [0.25, 0.3) is 0 Å². The van der Waals surface area contributed by atoms with Crippen LogP contribution in [0.1, 0.15) is 11.1 Å². The molecule has 0 fully saturated rings. The summed E-state index contributed by atoms with van der Waals surface area (Å²) in [6, 6.07) is 10.9. The van der Waals surface area contributed by atoms with Gasteiger partial charge < -0.3 is 5.32 Å². The molecule has 2 rings (SSSR count). The molecule has 0 saturated heterocycles. The van der Waals surface area contributed by atoms with Crippen LogP contribution in [0, 0.1) is 23.0 Å². The maximum absolute atomic E-state index is 13.9. The Balaban J connectivity index is 2.14. The molecule has 96 valence electrons. The molecular formula is C14H9BrF2N2. The third-order valence-electron chi connectivity index (χ3n) is 2.60. The molecule has 0 atom stereocenters. The van der Waals surface area contributed by atoms with E-state index in [1.54, 1.807) is 12.1 Å². The highest BCUT2D eigenvalue weighted by molar-refractivity contribution is 9.10. The molecule has 2 aromatic carbocycles. The monoisotopic (exact) mass is 322 g/mol. The molecule has 0 aromatic heterocycles. The van der Waals surface area contributed by atoms with Crippen molar-refractivity contribution in [3.63, 3.8) is 0 Å². The SMILES string of the molecule is N#Cc1ccc(NCc2ccc(F)cc2)c(F)c1Br. The van der Waals surface area contributed by atoms with E-state index in [1.165, 1.54) is 24.3 Å². The molecule has 0 heterocycles. The van der Waals surface area contributed by atoms with Gasteiger partial charge in [0.1, 0.15) is 11.9 Å². The normalized spacial score (nSPS) is 10.0. The third kappa shape index (κ3) is 3.09. The Kier molecular flexibility index (Phi) is 4.13. The molecule has 0 bridgehead atoms. The van der Waals surface area contributed by atoms with Crippen LogP contribution in [0.3, 0.4) is 0 Å². The number of rotatable bonds is 3. The van der Waals surface area contributed by atoms with Crippen LogP contribution in [0.5, 0.6) is 0 Å². The van der Waals surface area contributed by atoms with Gasteiger partial charge in [0.25, 0.3) is 0 Å². The van der Waals surface area contributed by atoms with E-state index in [-0.39, 0.29) is 21.5 Å². The van der Waals surface area contributed by atoms with Crippen molar-refractivity contribution in [1.29, 1.82) is 5.26 Å². The van der Waals surface area contributed by atoms with E-state index in [1.807, 2.05) is 6.07 Å². The van der Waals surface area contributed by atoms with Crippen LogP contribution in [0.15, 0.2) is 40.9 Å². The second-order valence-electron chi connectivity index (χ2n) is 3.88. The fourth-order valence-corrected chi connectivity index (χ4v) is 2.01. The Hall–Kier alpha value is -1.93. The van der Waals surface area contributed by atoms with E-state index in [9.17, 15) is 8.78 Å². The summed E-state index contributed by atoms with van der Waals surface area (Å²) in [7, 11) is 0. The molecule has 19 heavy (non-hydrogen) atoms. The molecule has 1 N–H and O–H groups in total. The predicted molar refractivity (Wildman–Crippen MR) is 72.5 cm³/mol. The quantitative estimate of drug-likeness (QED) is 0.918. The van der Waals surface area contributed by atoms with Gasteiger partial charge in [0.05, 0.1) is 15.7 Å². The summed E-state index contributed by atoms with van der Waals surface area (Å²) in [6.45, 7) is 0.371. The lowest BCUT2D eigenvalue weighted by atomic mass is 10.2. The molecule has 0 saturated carbocycles. The highest BCUT2D eigenvalue weighted by atomic mass is 79.9. The fourth-order valence-electron chi connectivity index (χ4n) is 1.57. The minimum atomic E-state index is -0.513. The minimum absolute atomic E-state index is 0.138. The number of anilines is 1. The first kappa shape index (κ1) is 13.5. The van der Waals surface area contributed by atoms with Crippen LogP contribution in [-0.4, -0.2) is 0 Å². The number of hydrogen-bond acceptors (Lipinski definition) is 2. The molecule has 0 aliphatic carbocycles. The van der Waals surface area contributed by atoms with E-state index < -0.39 is 5.82 Å². The van der Waals surface area contributed by atoms with Gasteiger partial charge in [-0.25, -0.2) is 8.78 Å². The Labute approximate surface area is 117 Å². The summed E-state index contributed by atoms with van der Waals surface area (Å²) in [5.41, 5.74) is 1.36. The predicted octanol–water partition coefficient (Wildman–Crippen LogP) is 4.21. The van der Waals surface area contributed by atoms with Gasteiger partial charge in [0.2, 0.25) is 0 Å². The average molecular weight is 323 g/mol. The summed E-state index contributed by atoms with van der Waals surface area (Å²) in [6.07, 6.45) is 0. The summed E-state index contributed by atoms with van der Waals surface area (Å²) >= 11 is 3.04. The first-order valence-electron chi connectivity index (χ1n) is 5.48. The smallest absolute Gasteiger partial charge is 0.161 e. The number of benzene rings is 2. The number of nitrogens with one attached hydrogen (secondary N) is 1. The van der Waals surface area contributed by atoms with Gasteiger partial charge >= 0.3 is 0 Å². The molecule has 0 spiro atoms. The van der Waals surface area contributed by atoms with Gasteiger partial charge in [0, 0.05) is 6.54 Å². The van der Waals surface area contributed by atoms with Crippen LogP contribution in [-0.2, 0) is 6.54 Å². The van der Waals surface area contributed by atoms with Crippen molar-refractivity contribution >= 4 is 21.6 Å². The minimum Gasteiger partial charge on any atom is -0.379 e. The molecule has 0 radical (unpaired) electrons. The summed E-state index contributed by atoms with van der Waals surface area (Å²) in [5, 5.41) is 11.7. The lowest BCUT2D eigenvalue weighted by Crippen LogP contribution is -2.02. The van der Waals surface area contributed by atoms with Crippen molar-refractivity contribution in [3.8, 4) is 6.07 Å². The molecule has 2 aromatic rings. The number of hydrogen-bond donors (Lipinski definition) is 1. The van der Waals surface area contributed by atoms with Gasteiger partial charge in [-0.1, -0.05) is 12.1 Å². The van der Waals surface area contributed by atoms with Gasteiger partial charge in [-0.3, -0.25) is 0 Å². The first-order valence-corrected chi connectivity index (χ1v) is 6.27. The molecule has 0 amide bonds. The molecule has 5 heteroatoms. The highest BCUT2D eigenvalue weighted by Crippen LogP contribution is 2.26. The Morgan fingerprint density at radius 1 is 1.11 bits per heavy atom. The summed E-state index contributed by atoms with van der Waals surface area (Å²) < 4.78 is 26.8. The lowest BCUT2D eigenvalue weighted by molar-refractivity contribution is 0.622. The zero-order chi connectivity index (χ0) is 13.8. The number of nitrogens with zero attached hydrogens (tertiary/aromatic N) is 1. The Bertz CT molecular complexity index is 633. The molecule has 0 aliphatic heterocycles. The van der Waals surface area contributed by atoms with E-state index >= 15 is 0 Å². The first-order chi connectivity index (χ1) is 9.11. The van der Waals surface area contributed by atoms with E-state index in [0.717, 1.165) is 5.56 Å². The van der Waals surface area contributed by atoms with Gasteiger partial charge in [-0.15, -0.1) is 0 Å². The average Bonchev–Trinajstić information content (AvgIpc) is 2.42.